The lowest BCUT2D eigenvalue weighted by molar-refractivity contribution is -0.140. The lowest BCUT2D eigenvalue weighted by Crippen LogP contribution is -2.52. The monoisotopic (exact) mass is 609 g/mol. The molecule has 0 aliphatic heterocycles. The molecule has 3 aromatic carbocycles. The number of anilines is 1. The van der Waals surface area contributed by atoms with E-state index < -0.39 is 28.5 Å². The van der Waals surface area contributed by atoms with Crippen LogP contribution in [0.2, 0.25) is 0 Å². The molecule has 0 saturated heterocycles. The van der Waals surface area contributed by atoms with Gasteiger partial charge in [-0.05, 0) is 67.6 Å². The molecule has 3 aromatic rings. The third kappa shape index (κ3) is 8.50. The SMILES string of the molecule is CCCCNC(=O)[C@H](CC)N(Cc1ccccc1)C(=O)CN(c1cc(C)cc(C)c1)S(=O)(=O)c1ccc(OC)c(OC)c1. The lowest BCUT2D eigenvalue weighted by Gasteiger charge is -2.33. The number of aryl methyl sites for hydroxylation is 2. The first-order valence-corrected chi connectivity index (χ1v) is 15.9. The summed E-state index contributed by atoms with van der Waals surface area (Å²) >= 11 is 0. The molecule has 0 aliphatic rings. The van der Waals surface area contributed by atoms with E-state index in [9.17, 15) is 18.0 Å². The first-order valence-electron chi connectivity index (χ1n) is 14.5. The van der Waals surface area contributed by atoms with Gasteiger partial charge in [-0.1, -0.05) is 56.7 Å². The summed E-state index contributed by atoms with van der Waals surface area (Å²) in [5.74, 6) is -0.134. The van der Waals surface area contributed by atoms with Gasteiger partial charge in [-0.2, -0.15) is 0 Å². The topological polar surface area (TPSA) is 105 Å². The van der Waals surface area contributed by atoms with Crippen molar-refractivity contribution in [2.45, 2.75) is 64.4 Å². The van der Waals surface area contributed by atoms with Gasteiger partial charge < -0.3 is 19.7 Å². The van der Waals surface area contributed by atoms with E-state index in [1.165, 1.54) is 37.3 Å². The maximum absolute atomic E-state index is 14.3. The summed E-state index contributed by atoms with van der Waals surface area (Å²) in [6.45, 7) is 7.76. The van der Waals surface area contributed by atoms with Crippen molar-refractivity contribution in [3.05, 3.63) is 83.4 Å². The number of hydrogen-bond acceptors (Lipinski definition) is 6. The number of unbranched alkanes of at least 4 members (excludes halogenated alkanes) is 1. The molecule has 1 atom stereocenters. The first kappa shape index (κ1) is 33.5. The standard InChI is InChI=1S/C33H43N3O6S/c1-7-9-17-34-33(38)29(8-2)35(22-26-13-11-10-12-14-26)32(37)23-36(27-19-24(3)18-25(4)20-27)43(39,40)28-15-16-30(41-5)31(21-28)42-6/h10-16,18-21,29H,7-9,17,22-23H2,1-6H3,(H,34,38)/t29-/m0/s1. The molecule has 0 heterocycles. The second-order valence-corrected chi connectivity index (χ2v) is 12.3. The van der Waals surface area contributed by atoms with Gasteiger partial charge in [0.05, 0.1) is 24.8 Å². The summed E-state index contributed by atoms with van der Waals surface area (Å²) in [7, 11) is -1.37. The van der Waals surface area contributed by atoms with Crippen LogP contribution in [0.4, 0.5) is 5.69 Å². The number of benzene rings is 3. The third-order valence-corrected chi connectivity index (χ3v) is 8.90. The summed E-state index contributed by atoms with van der Waals surface area (Å²) < 4.78 is 40.3. The zero-order valence-corrected chi connectivity index (χ0v) is 26.7. The Morgan fingerprint density at radius 2 is 1.53 bits per heavy atom. The number of ether oxygens (including phenoxy) is 2. The molecule has 9 nitrogen and oxygen atoms in total. The summed E-state index contributed by atoms with van der Waals surface area (Å²) in [5, 5.41) is 2.94. The van der Waals surface area contributed by atoms with Crippen LogP contribution in [0.25, 0.3) is 0 Å². The zero-order chi connectivity index (χ0) is 31.6. The highest BCUT2D eigenvalue weighted by Crippen LogP contribution is 2.33. The molecule has 0 spiro atoms. The minimum absolute atomic E-state index is 0.0592. The van der Waals surface area contributed by atoms with E-state index in [4.69, 9.17) is 9.47 Å². The van der Waals surface area contributed by atoms with Crippen molar-refractivity contribution >= 4 is 27.5 Å². The Morgan fingerprint density at radius 1 is 0.884 bits per heavy atom. The molecule has 0 saturated carbocycles. The largest absolute Gasteiger partial charge is 0.493 e. The van der Waals surface area contributed by atoms with Crippen LogP contribution in [-0.2, 0) is 26.2 Å². The van der Waals surface area contributed by atoms with Crippen LogP contribution in [0.1, 0.15) is 49.8 Å². The maximum atomic E-state index is 14.3. The van der Waals surface area contributed by atoms with Crippen LogP contribution in [0.3, 0.4) is 0 Å². The average molecular weight is 610 g/mol. The van der Waals surface area contributed by atoms with E-state index in [2.05, 4.69) is 5.32 Å². The second kappa shape index (κ2) is 15.4. The Morgan fingerprint density at radius 3 is 2.12 bits per heavy atom. The number of carbonyl (C=O) groups is 2. The van der Waals surface area contributed by atoms with Gasteiger partial charge in [-0.15, -0.1) is 0 Å². The number of sulfonamides is 1. The van der Waals surface area contributed by atoms with Crippen molar-refractivity contribution in [2.75, 3.05) is 31.6 Å². The summed E-state index contributed by atoms with van der Waals surface area (Å²) in [6.07, 6.45) is 2.10. The second-order valence-electron chi connectivity index (χ2n) is 10.5. The molecular formula is C33H43N3O6S. The van der Waals surface area contributed by atoms with E-state index in [1.54, 1.807) is 12.1 Å². The minimum atomic E-state index is -4.27. The molecule has 0 unspecified atom stereocenters. The Hall–Kier alpha value is -4.05. The van der Waals surface area contributed by atoms with Crippen molar-refractivity contribution in [3.8, 4) is 11.5 Å². The van der Waals surface area contributed by atoms with Crippen LogP contribution >= 0.6 is 0 Å². The number of nitrogens with one attached hydrogen (secondary N) is 1. The molecule has 0 aromatic heterocycles. The van der Waals surface area contributed by atoms with Gasteiger partial charge in [-0.3, -0.25) is 13.9 Å². The molecule has 1 N–H and O–H groups in total. The predicted molar refractivity (Wildman–Crippen MR) is 169 cm³/mol. The third-order valence-electron chi connectivity index (χ3n) is 7.13. The van der Waals surface area contributed by atoms with Gasteiger partial charge in [0.2, 0.25) is 11.8 Å². The molecule has 0 radical (unpaired) electrons. The van der Waals surface area contributed by atoms with Gasteiger partial charge in [0.15, 0.2) is 11.5 Å². The predicted octanol–water partition coefficient (Wildman–Crippen LogP) is 5.24. The van der Waals surface area contributed by atoms with Gasteiger partial charge in [-0.25, -0.2) is 8.42 Å². The highest BCUT2D eigenvalue weighted by atomic mass is 32.2. The fourth-order valence-corrected chi connectivity index (χ4v) is 6.35. The van der Waals surface area contributed by atoms with E-state index in [0.29, 0.717) is 24.4 Å². The van der Waals surface area contributed by atoms with Crippen molar-refractivity contribution in [1.82, 2.24) is 10.2 Å². The van der Waals surface area contributed by atoms with Gasteiger partial charge in [0.1, 0.15) is 12.6 Å². The molecule has 0 fully saturated rings. The molecular weight excluding hydrogens is 566 g/mol. The maximum Gasteiger partial charge on any atom is 0.264 e. The van der Waals surface area contributed by atoms with Crippen LogP contribution in [0.15, 0.2) is 71.6 Å². The number of hydrogen-bond donors (Lipinski definition) is 1. The fourth-order valence-electron chi connectivity index (χ4n) is 4.93. The van der Waals surface area contributed by atoms with Gasteiger partial charge in [0, 0.05) is 19.2 Å². The van der Waals surface area contributed by atoms with Gasteiger partial charge in [0.25, 0.3) is 10.0 Å². The van der Waals surface area contributed by atoms with E-state index in [0.717, 1.165) is 33.8 Å². The summed E-state index contributed by atoms with van der Waals surface area (Å²) in [6, 6.07) is 18.3. The number of amides is 2. The summed E-state index contributed by atoms with van der Waals surface area (Å²) in [5.41, 5.74) is 2.87. The average Bonchev–Trinajstić information content (AvgIpc) is 2.99. The number of nitrogens with zero attached hydrogens (tertiary/aromatic N) is 2. The first-order chi connectivity index (χ1) is 20.5. The number of rotatable bonds is 15. The van der Waals surface area contributed by atoms with E-state index in [-0.39, 0.29) is 23.1 Å². The highest BCUT2D eigenvalue weighted by Gasteiger charge is 2.34. The van der Waals surface area contributed by atoms with E-state index >= 15 is 0 Å². The molecule has 43 heavy (non-hydrogen) atoms. The number of carbonyl (C=O) groups excluding carboxylic acids is 2. The van der Waals surface area contributed by atoms with Crippen molar-refractivity contribution < 1.29 is 27.5 Å². The molecule has 0 aliphatic carbocycles. The lowest BCUT2D eigenvalue weighted by atomic mass is 10.1. The fraction of sp³-hybridized carbons (Fsp3) is 0.394. The van der Waals surface area contributed by atoms with E-state index in [1.807, 2.05) is 64.1 Å². The van der Waals surface area contributed by atoms with Crippen molar-refractivity contribution in [2.24, 2.45) is 0 Å². The van der Waals surface area contributed by atoms with Crippen LogP contribution in [0, 0.1) is 13.8 Å². The Bertz CT molecular complexity index is 1470. The highest BCUT2D eigenvalue weighted by molar-refractivity contribution is 7.92. The Kier molecular flexibility index (Phi) is 12.0. The Labute approximate surface area is 255 Å². The summed E-state index contributed by atoms with van der Waals surface area (Å²) in [4.78, 5) is 29.0. The van der Waals surface area contributed by atoms with Gasteiger partial charge >= 0.3 is 0 Å². The smallest absolute Gasteiger partial charge is 0.264 e. The quantitative estimate of drug-likeness (QED) is 0.236. The number of methoxy groups -OCH3 is 2. The van der Waals surface area contributed by atoms with Crippen LogP contribution < -0.4 is 19.1 Å². The minimum Gasteiger partial charge on any atom is -0.493 e. The van der Waals surface area contributed by atoms with Crippen molar-refractivity contribution in [3.63, 3.8) is 0 Å². The molecule has 10 heteroatoms. The Balaban J connectivity index is 2.10. The molecule has 232 valence electrons. The molecule has 3 rings (SSSR count). The molecule has 0 bridgehead atoms. The zero-order valence-electron chi connectivity index (χ0n) is 25.9. The molecule has 2 amide bonds. The van der Waals surface area contributed by atoms with Crippen LogP contribution in [0.5, 0.6) is 11.5 Å². The van der Waals surface area contributed by atoms with Crippen LogP contribution in [-0.4, -0.2) is 58.5 Å². The van der Waals surface area contributed by atoms with Crippen molar-refractivity contribution in [1.29, 1.82) is 0 Å². The normalized spacial score (nSPS) is 11.9.